The van der Waals surface area contributed by atoms with Crippen LogP contribution in [0.3, 0.4) is 0 Å². The maximum atomic E-state index is 13.3. The Labute approximate surface area is 207 Å². The minimum absolute atomic E-state index is 0.0224. The highest BCUT2D eigenvalue weighted by molar-refractivity contribution is 7.89. The minimum atomic E-state index is -3.81. The molecule has 0 atom stereocenters. The van der Waals surface area contributed by atoms with Crippen LogP contribution in [0.25, 0.3) is 5.65 Å². The number of aromatic nitrogens is 2. The Kier molecular flexibility index (Phi) is 6.32. The number of nitrogens with zero attached hydrogens (tertiary/aromatic N) is 4. The quantitative estimate of drug-likeness (QED) is 0.461. The van der Waals surface area contributed by atoms with Crippen molar-refractivity contribution in [3.05, 3.63) is 68.6 Å². The van der Waals surface area contributed by atoms with Crippen LogP contribution in [0.15, 0.2) is 52.3 Å². The fraction of sp³-hybridized carbons (Fsp3) is 0.391. The third kappa shape index (κ3) is 4.43. The Morgan fingerprint density at radius 1 is 1.06 bits per heavy atom. The molecule has 0 spiro atoms. The summed E-state index contributed by atoms with van der Waals surface area (Å²) < 4.78 is 30.8. The summed E-state index contributed by atoms with van der Waals surface area (Å²) in [6.07, 6.45) is 3.86. The van der Waals surface area contributed by atoms with Gasteiger partial charge in [-0.15, -0.1) is 0 Å². The Morgan fingerprint density at radius 3 is 2.50 bits per heavy atom. The minimum Gasteiger partial charge on any atom is -0.842 e. The van der Waals surface area contributed by atoms with Gasteiger partial charge in [-0.2, -0.15) is 8.71 Å². The van der Waals surface area contributed by atoms with E-state index >= 15 is 0 Å². The zero-order valence-electron chi connectivity index (χ0n) is 18.4. The first-order valence-corrected chi connectivity index (χ1v) is 13.4. The summed E-state index contributed by atoms with van der Waals surface area (Å²) in [5.41, 5.74) is 0.481. The number of hydrogen-bond acceptors (Lipinski definition) is 5. The number of benzene rings is 1. The molecule has 1 saturated heterocycles. The average Bonchev–Trinajstić information content (AvgIpc) is 3.65. The van der Waals surface area contributed by atoms with Gasteiger partial charge in [0.1, 0.15) is 4.90 Å². The van der Waals surface area contributed by atoms with Gasteiger partial charge < -0.3 is 5.11 Å². The van der Waals surface area contributed by atoms with E-state index in [-0.39, 0.29) is 46.6 Å². The van der Waals surface area contributed by atoms with Gasteiger partial charge in [-0.3, -0.25) is 4.90 Å². The second kappa shape index (κ2) is 9.13. The van der Waals surface area contributed by atoms with E-state index in [2.05, 4.69) is 0 Å². The van der Waals surface area contributed by atoms with E-state index in [1.54, 1.807) is 29.0 Å². The zero-order valence-corrected chi connectivity index (χ0v) is 20.7. The molecule has 1 aromatic carbocycles. The predicted molar refractivity (Wildman–Crippen MR) is 127 cm³/mol. The molecule has 3 aromatic rings. The van der Waals surface area contributed by atoms with Gasteiger partial charge in [-0.25, -0.2) is 17.8 Å². The molecule has 2 fully saturated rings. The second-order valence-corrected chi connectivity index (χ2v) is 11.6. The highest BCUT2D eigenvalue weighted by Crippen LogP contribution is 2.30. The van der Waals surface area contributed by atoms with Crippen LogP contribution in [0.5, 0.6) is 5.88 Å². The Hall–Kier alpha value is -2.17. The highest BCUT2D eigenvalue weighted by Gasteiger charge is 2.32. The molecule has 180 valence electrons. The first kappa shape index (κ1) is 23.6. The smallest absolute Gasteiger partial charge is 0.346 e. The Balaban J connectivity index is 1.37. The van der Waals surface area contributed by atoms with Crippen LogP contribution >= 0.6 is 23.2 Å². The van der Waals surface area contributed by atoms with E-state index < -0.39 is 10.0 Å². The van der Waals surface area contributed by atoms with E-state index in [0.29, 0.717) is 36.2 Å². The molecule has 0 amide bonds. The SMILES string of the molecule is O=c1c(CN2CCN(S(=O)(=O)c3cc(Cl)ccc3Cl)CC2)c([O-])[n+](CC2CC2)c2ccccn12. The normalized spacial score (nSPS) is 17.9. The molecule has 1 saturated carbocycles. The van der Waals surface area contributed by atoms with Crippen molar-refractivity contribution in [2.75, 3.05) is 26.2 Å². The number of halogens is 2. The molecule has 0 radical (unpaired) electrons. The second-order valence-electron chi connectivity index (χ2n) is 8.83. The summed E-state index contributed by atoms with van der Waals surface area (Å²) in [5.74, 6) is 0.211. The molecule has 0 N–H and O–H groups in total. The van der Waals surface area contributed by atoms with Crippen LogP contribution in [-0.2, 0) is 23.1 Å². The highest BCUT2D eigenvalue weighted by atomic mass is 35.5. The molecule has 8 nitrogen and oxygen atoms in total. The first-order valence-electron chi connectivity index (χ1n) is 11.2. The van der Waals surface area contributed by atoms with Crippen LogP contribution in [0.2, 0.25) is 10.0 Å². The van der Waals surface area contributed by atoms with Gasteiger partial charge in [0.05, 0.1) is 29.2 Å². The van der Waals surface area contributed by atoms with Crippen molar-refractivity contribution in [2.45, 2.75) is 30.8 Å². The molecular weight excluding hydrogens is 499 g/mol. The standard InChI is InChI=1S/C23H24Cl2N4O4S/c24-17-6-7-19(25)20(13-17)34(32,33)27-11-9-26(10-12-27)15-18-22(30)28-8-2-1-3-21(28)29(23(18)31)14-16-4-5-16/h1-3,6-8,13,16H,4-5,9-12,14-15H2. The topological polar surface area (TPSA) is 89.0 Å². The predicted octanol–water partition coefficient (Wildman–Crippen LogP) is 1.88. The van der Waals surface area contributed by atoms with E-state index in [9.17, 15) is 18.3 Å². The number of piperazine rings is 1. The lowest BCUT2D eigenvalue weighted by Gasteiger charge is -2.34. The van der Waals surface area contributed by atoms with Gasteiger partial charge in [0.2, 0.25) is 10.0 Å². The maximum Gasteiger partial charge on any atom is 0.346 e. The lowest BCUT2D eigenvalue weighted by Crippen LogP contribution is -2.50. The number of hydrogen-bond donors (Lipinski definition) is 0. The summed E-state index contributed by atoms with van der Waals surface area (Å²) >= 11 is 12.1. The van der Waals surface area contributed by atoms with Gasteiger partial charge in [-0.05, 0) is 43.0 Å². The molecule has 34 heavy (non-hydrogen) atoms. The van der Waals surface area contributed by atoms with E-state index in [1.807, 2.05) is 11.0 Å². The van der Waals surface area contributed by atoms with Crippen molar-refractivity contribution >= 4 is 38.9 Å². The molecule has 2 aromatic heterocycles. The van der Waals surface area contributed by atoms with Crippen LogP contribution in [0.4, 0.5) is 0 Å². The van der Waals surface area contributed by atoms with E-state index in [4.69, 9.17) is 23.2 Å². The van der Waals surface area contributed by atoms with Crippen molar-refractivity contribution in [3.63, 3.8) is 0 Å². The molecule has 1 aliphatic heterocycles. The zero-order chi connectivity index (χ0) is 24.0. The van der Waals surface area contributed by atoms with E-state index in [0.717, 1.165) is 12.8 Å². The van der Waals surface area contributed by atoms with Crippen molar-refractivity contribution in [2.24, 2.45) is 5.92 Å². The molecule has 5 rings (SSSR count). The Bertz CT molecular complexity index is 1410. The van der Waals surface area contributed by atoms with Gasteiger partial charge in [0.25, 0.3) is 5.65 Å². The van der Waals surface area contributed by atoms with Crippen LogP contribution in [0, 0.1) is 5.92 Å². The van der Waals surface area contributed by atoms with Gasteiger partial charge in [-0.1, -0.05) is 29.3 Å². The summed E-state index contributed by atoms with van der Waals surface area (Å²) in [6, 6.07) is 9.74. The van der Waals surface area contributed by atoms with Gasteiger partial charge in [0.15, 0.2) is 0 Å². The average molecular weight is 523 g/mol. The molecular formula is C23H24Cl2N4O4S. The molecule has 11 heteroatoms. The van der Waals surface area contributed by atoms with Crippen LogP contribution in [0.1, 0.15) is 18.4 Å². The Morgan fingerprint density at radius 2 is 1.79 bits per heavy atom. The molecule has 0 bridgehead atoms. The number of rotatable bonds is 6. The number of sulfonamides is 1. The molecule has 3 heterocycles. The van der Waals surface area contributed by atoms with E-state index in [1.165, 1.54) is 20.8 Å². The van der Waals surface area contributed by atoms with Gasteiger partial charge in [0, 0.05) is 43.8 Å². The summed E-state index contributed by atoms with van der Waals surface area (Å²) in [5, 5.41) is 13.7. The van der Waals surface area contributed by atoms with Crippen molar-refractivity contribution in [1.82, 2.24) is 13.6 Å². The number of fused-ring (bicyclic) bond motifs is 1. The van der Waals surface area contributed by atoms with Crippen molar-refractivity contribution in [1.29, 1.82) is 0 Å². The lowest BCUT2D eigenvalue weighted by atomic mass is 10.2. The third-order valence-corrected chi connectivity index (χ3v) is 9.07. The molecule has 1 aliphatic carbocycles. The van der Waals surface area contributed by atoms with Crippen molar-refractivity contribution in [3.8, 4) is 5.88 Å². The molecule has 2 aliphatic rings. The fourth-order valence-electron chi connectivity index (χ4n) is 4.37. The van der Waals surface area contributed by atoms with Gasteiger partial charge >= 0.3 is 5.56 Å². The van der Waals surface area contributed by atoms with Crippen LogP contribution < -0.4 is 15.2 Å². The lowest BCUT2D eigenvalue weighted by molar-refractivity contribution is -0.719. The maximum absolute atomic E-state index is 13.3. The summed E-state index contributed by atoms with van der Waals surface area (Å²) in [7, 11) is -3.81. The monoisotopic (exact) mass is 522 g/mol. The third-order valence-electron chi connectivity index (χ3n) is 6.46. The van der Waals surface area contributed by atoms with Crippen molar-refractivity contribution < 1.29 is 18.1 Å². The fourth-order valence-corrected chi connectivity index (χ4v) is 6.52. The summed E-state index contributed by atoms with van der Waals surface area (Å²) in [6.45, 7) is 1.98. The number of pyridine rings is 1. The molecule has 0 unspecified atom stereocenters. The first-order chi connectivity index (χ1) is 16.3. The summed E-state index contributed by atoms with van der Waals surface area (Å²) in [4.78, 5) is 15.1. The largest absolute Gasteiger partial charge is 0.842 e. The van der Waals surface area contributed by atoms with Crippen LogP contribution in [-0.4, -0.2) is 48.2 Å².